The molecule has 3 atom stereocenters. The van der Waals surface area contributed by atoms with Gasteiger partial charge in [0.2, 0.25) is 0 Å². The number of fused-ring (bicyclic) bond motifs is 1. The van der Waals surface area contributed by atoms with Crippen LogP contribution in [0.2, 0.25) is 0 Å². The van der Waals surface area contributed by atoms with Crippen LogP contribution in [-0.4, -0.2) is 65.9 Å². The highest BCUT2D eigenvalue weighted by Crippen LogP contribution is 2.37. The molecule has 0 spiro atoms. The van der Waals surface area contributed by atoms with Crippen molar-refractivity contribution < 1.29 is 22.7 Å². The van der Waals surface area contributed by atoms with Crippen LogP contribution in [0.25, 0.3) is 10.9 Å². The third-order valence-electron chi connectivity index (χ3n) is 7.16. The fourth-order valence-electron chi connectivity index (χ4n) is 5.28. The maximum atomic E-state index is 14.2. The number of benzene rings is 2. The highest BCUT2D eigenvalue weighted by molar-refractivity contribution is 5.94. The Bertz CT molecular complexity index is 1670. The van der Waals surface area contributed by atoms with E-state index in [0.29, 0.717) is 24.3 Å². The molecular weight excluding hydrogens is 553 g/mol. The second kappa shape index (κ2) is 11.2. The number of hydrogen-bond acceptors (Lipinski definition) is 8. The van der Waals surface area contributed by atoms with Crippen molar-refractivity contribution in [3.8, 4) is 0 Å². The van der Waals surface area contributed by atoms with E-state index in [2.05, 4.69) is 25.7 Å². The summed E-state index contributed by atoms with van der Waals surface area (Å²) < 4.78 is 49.6. The predicted octanol–water partition coefficient (Wildman–Crippen LogP) is 3.72. The number of morpholine rings is 1. The topological polar surface area (TPSA) is 120 Å². The minimum absolute atomic E-state index is 0.0288. The zero-order chi connectivity index (χ0) is 30.3. The largest absolute Gasteiger partial charge is 0.416 e. The van der Waals surface area contributed by atoms with Crippen molar-refractivity contribution >= 4 is 22.5 Å². The number of nitrogens with zero attached hydrogens (tertiary/aromatic N) is 7. The summed E-state index contributed by atoms with van der Waals surface area (Å²) >= 11 is 0. The molecule has 14 heteroatoms. The molecule has 11 nitrogen and oxygen atoms in total. The minimum atomic E-state index is -4.68. The van der Waals surface area contributed by atoms with Crippen LogP contribution in [0.3, 0.4) is 0 Å². The fourth-order valence-corrected chi connectivity index (χ4v) is 5.28. The van der Waals surface area contributed by atoms with E-state index in [1.165, 1.54) is 22.4 Å². The van der Waals surface area contributed by atoms with Gasteiger partial charge < -0.3 is 15.0 Å². The average molecular weight is 585 g/mol. The van der Waals surface area contributed by atoms with Crippen molar-refractivity contribution in [1.82, 2.24) is 34.7 Å². The van der Waals surface area contributed by atoms with Crippen molar-refractivity contribution in [3.05, 3.63) is 75.1 Å². The summed E-state index contributed by atoms with van der Waals surface area (Å²) in [5.41, 5.74) is -0.587. The number of nitrogens with one attached hydrogen (secondary N) is 1. The Balaban J connectivity index is 1.44. The zero-order valence-electron chi connectivity index (χ0n) is 23.8. The molecule has 2 aromatic carbocycles. The number of aryl methyl sites for hydroxylation is 2. The Labute approximate surface area is 239 Å². The Morgan fingerprint density at radius 2 is 1.81 bits per heavy atom. The van der Waals surface area contributed by atoms with Crippen LogP contribution in [0, 0.1) is 6.92 Å². The van der Waals surface area contributed by atoms with Crippen LogP contribution in [0.1, 0.15) is 59.9 Å². The molecule has 1 aliphatic heterocycles. The molecule has 0 radical (unpaired) electrons. The van der Waals surface area contributed by atoms with Gasteiger partial charge in [0.1, 0.15) is 5.82 Å². The Morgan fingerprint density at radius 3 is 2.40 bits per heavy atom. The van der Waals surface area contributed by atoms with Gasteiger partial charge in [-0.25, -0.2) is 4.98 Å². The predicted molar refractivity (Wildman–Crippen MR) is 148 cm³/mol. The molecule has 0 saturated carbocycles. The van der Waals surface area contributed by atoms with Crippen LogP contribution < -0.4 is 10.9 Å². The summed E-state index contributed by atoms with van der Waals surface area (Å²) in [5.74, 6) is 0.356. The Hall–Kier alpha value is -4.33. The van der Waals surface area contributed by atoms with Gasteiger partial charge in [0, 0.05) is 30.4 Å². The van der Waals surface area contributed by atoms with Crippen LogP contribution in [0.5, 0.6) is 0 Å². The summed E-state index contributed by atoms with van der Waals surface area (Å²) in [7, 11) is 1.58. The molecule has 1 fully saturated rings. The summed E-state index contributed by atoms with van der Waals surface area (Å²) in [4.78, 5) is 33.7. The molecule has 0 bridgehead atoms. The third kappa shape index (κ3) is 5.98. The van der Waals surface area contributed by atoms with E-state index in [1.807, 2.05) is 13.8 Å². The number of alkyl halides is 3. The number of carbonyl (C=O) groups excluding carboxylic acids is 1. The average Bonchev–Trinajstić information content (AvgIpc) is 3.34. The van der Waals surface area contributed by atoms with E-state index in [-0.39, 0.29) is 52.8 Å². The fraction of sp³-hybridized carbons (Fsp3) is 0.429. The third-order valence-corrected chi connectivity index (χ3v) is 7.16. The van der Waals surface area contributed by atoms with Crippen LogP contribution in [0.4, 0.5) is 18.9 Å². The molecule has 4 aromatic rings. The summed E-state index contributed by atoms with van der Waals surface area (Å²) in [6.45, 7) is 7.87. The number of amides is 1. The number of ether oxygens (including phenoxy) is 1. The normalized spacial score (nSPS) is 18.3. The highest BCUT2D eigenvalue weighted by Gasteiger charge is 2.36. The van der Waals surface area contributed by atoms with Crippen molar-refractivity contribution in [2.24, 2.45) is 7.05 Å². The van der Waals surface area contributed by atoms with Crippen LogP contribution >= 0.6 is 0 Å². The van der Waals surface area contributed by atoms with Gasteiger partial charge in [0.15, 0.2) is 5.82 Å². The maximum Gasteiger partial charge on any atom is 0.416 e. The lowest BCUT2D eigenvalue weighted by Crippen LogP contribution is -2.48. The molecule has 0 unspecified atom stereocenters. The first-order chi connectivity index (χ1) is 19.8. The number of rotatable bonds is 6. The van der Waals surface area contributed by atoms with E-state index in [9.17, 15) is 22.8 Å². The van der Waals surface area contributed by atoms with E-state index in [1.54, 1.807) is 43.1 Å². The van der Waals surface area contributed by atoms with Gasteiger partial charge in [-0.2, -0.15) is 18.0 Å². The quantitative estimate of drug-likeness (QED) is 0.364. The summed E-state index contributed by atoms with van der Waals surface area (Å²) in [6.07, 6.45) is -4.83. The van der Waals surface area contributed by atoms with Crippen molar-refractivity contribution in [3.63, 3.8) is 0 Å². The van der Waals surface area contributed by atoms with Crippen LogP contribution in [0.15, 0.2) is 41.2 Å². The number of hydrogen-bond donors (Lipinski definition) is 1. The lowest BCUT2D eigenvalue weighted by Gasteiger charge is -2.35. The Kier molecular flexibility index (Phi) is 7.75. The molecule has 0 aliphatic carbocycles. The first kappa shape index (κ1) is 29.2. The molecule has 1 N–H and O–H groups in total. The molecule has 222 valence electrons. The first-order valence-corrected chi connectivity index (χ1v) is 13.5. The molecule has 1 aliphatic rings. The Morgan fingerprint density at radius 1 is 1.14 bits per heavy atom. The second-order valence-corrected chi connectivity index (χ2v) is 10.6. The van der Waals surface area contributed by atoms with Crippen molar-refractivity contribution in [2.45, 2.75) is 58.7 Å². The minimum Gasteiger partial charge on any atom is -0.379 e. The molecule has 3 heterocycles. The van der Waals surface area contributed by atoms with Gasteiger partial charge in [0.25, 0.3) is 11.5 Å². The van der Waals surface area contributed by atoms with Crippen molar-refractivity contribution in [1.29, 1.82) is 0 Å². The van der Waals surface area contributed by atoms with Crippen LogP contribution in [-0.2, 0) is 24.5 Å². The number of anilines is 1. The number of carbonyl (C=O) groups is 1. The van der Waals surface area contributed by atoms with Gasteiger partial charge in [-0.3, -0.25) is 14.2 Å². The van der Waals surface area contributed by atoms with Gasteiger partial charge in [-0.15, -0.1) is 10.2 Å². The number of halogens is 3. The molecule has 5 rings (SSSR count). The molecule has 1 amide bonds. The lowest BCUT2D eigenvalue weighted by molar-refractivity contribution is -0.138. The summed E-state index contributed by atoms with van der Waals surface area (Å²) in [5, 5.41) is 14.8. The van der Waals surface area contributed by atoms with E-state index in [0.717, 1.165) is 6.07 Å². The lowest BCUT2D eigenvalue weighted by atomic mass is 9.98. The molecule has 1 saturated heterocycles. The van der Waals surface area contributed by atoms with E-state index < -0.39 is 23.3 Å². The highest BCUT2D eigenvalue weighted by atomic mass is 19.4. The van der Waals surface area contributed by atoms with Gasteiger partial charge in [-0.05, 0) is 74.9 Å². The smallest absolute Gasteiger partial charge is 0.379 e. The monoisotopic (exact) mass is 584 g/mol. The molecule has 2 aromatic heterocycles. The van der Waals surface area contributed by atoms with Crippen molar-refractivity contribution in [2.75, 3.05) is 18.4 Å². The van der Waals surface area contributed by atoms with Gasteiger partial charge >= 0.3 is 6.18 Å². The SMILES string of the molecule is Cc1nc2cc(C(F)(F)F)c([C@H](C)Nc3ccc(C(=O)N4C[C@@H](C)O[C@@H](C)C4)cc3)cc2c(=O)n1Cc1nnn(C)n1. The molecular formula is C28H31F3N8O3. The second-order valence-electron chi connectivity index (χ2n) is 10.6. The molecule has 42 heavy (non-hydrogen) atoms. The zero-order valence-corrected chi connectivity index (χ0v) is 23.8. The van der Waals surface area contributed by atoms with Gasteiger partial charge in [-0.1, -0.05) is 0 Å². The first-order valence-electron chi connectivity index (χ1n) is 13.5. The number of tetrazole rings is 1. The van der Waals surface area contributed by atoms with E-state index >= 15 is 0 Å². The van der Waals surface area contributed by atoms with Gasteiger partial charge in [0.05, 0.1) is 42.3 Å². The standard InChI is InChI=1S/C28H31F3N8O3/c1-15-12-38(13-16(2)42-15)26(40)19-6-8-20(9-7-19)32-17(3)21-10-22-24(11-23(21)28(29,30)31)33-18(4)39(27(22)41)14-25-34-36-37(5)35-25/h6-11,15-17,32H,12-14H2,1-5H3/t15-,16+,17-/m0/s1. The van der Waals surface area contributed by atoms with E-state index in [4.69, 9.17) is 4.74 Å². The maximum absolute atomic E-state index is 14.2. The number of aromatic nitrogens is 6. The summed E-state index contributed by atoms with van der Waals surface area (Å²) in [6, 6.07) is 7.88.